The molecule has 1 amide bonds. The summed E-state index contributed by atoms with van der Waals surface area (Å²) in [6.07, 6.45) is 2.51. The minimum atomic E-state index is -3.38. The molecule has 0 bridgehead atoms. The van der Waals surface area contributed by atoms with Gasteiger partial charge in [-0.05, 0) is 55.9 Å². The second-order valence-electron chi connectivity index (χ2n) is 7.24. The Morgan fingerprint density at radius 3 is 2.41 bits per heavy atom. The van der Waals surface area contributed by atoms with Crippen LogP contribution in [0.1, 0.15) is 24.8 Å². The van der Waals surface area contributed by atoms with Crippen LogP contribution >= 0.6 is 0 Å². The van der Waals surface area contributed by atoms with Crippen LogP contribution in [0.3, 0.4) is 0 Å². The van der Waals surface area contributed by atoms with Crippen LogP contribution in [-0.2, 0) is 14.6 Å². The van der Waals surface area contributed by atoms with E-state index < -0.39 is 9.84 Å². The summed E-state index contributed by atoms with van der Waals surface area (Å²) in [5.74, 6) is -0.358. The first-order valence-corrected chi connectivity index (χ1v) is 10.9. The number of para-hydroxylation sites is 1. The Hall–Kier alpha value is -2.40. The normalized spacial score (nSPS) is 19.6. The maximum atomic E-state index is 12.8. The smallest absolute Gasteiger partial charge is 0.251 e. The lowest BCUT2D eigenvalue weighted by Crippen LogP contribution is -2.26. The van der Waals surface area contributed by atoms with Crippen molar-refractivity contribution >= 4 is 21.4 Å². The molecule has 1 aliphatic rings. The van der Waals surface area contributed by atoms with E-state index in [4.69, 9.17) is 0 Å². The third kappa shape index (κ3) is 4.66. The summed E-state index contributed by atoms with van der Waals surface area (Å²) in [7, 11) is -3.38. The van der Waals surface area contributed by atoms with Gasteiger partial charge < -0.3 is 5.32 Å². The summed E-state index contributed by atoms with van der Waals surface area (Å²) >= 11 is 0. The van der Waals surface area contributed by atoms with Crippen LogP contribution in [0, 0.1) is 18.8 Å². The molecule has 0 radical (unpaired) electrons. The fraction of sp³-hybridized carbons (Fsp3) is 0.318. The molecule has 0 unspecified atom stereocenters. The SMILES string of the molecule is C=C(C(=O)Nc1ccccc1)[C@H]1CCC[C@H]1CS(=O)(=O)c1ccc(C)cc1. The number of aryl methyl sites for hydroxylation is 1. The van der Waals surface area contributed by atoms with Crippen molar-refractivity contribution in [3.63, 3.8) is 0 Å². The highest BCUT2D eigenvalue weighted by molar-refractivity contribution is 7.91. The zero-order valence-electron chi connectivity index (χ0n) is 15.5. The van der Waals surface area contributed by atoms with E-state index in [2.05, 4.69) is 11.9 Å². The van der Waals surface area contributed by atoms with Crippen molar-refractivity contribution in [2.75, 3.05) is 11.1 Å². The minimum Gasteiger partial charge on any atom is -0.322 e. The third-order valence-corrected chi connectivity index (χ3v) is 7.10. The lowest BCUT2D eigenvalue weighted by molar-refractivity contribution is -0.113. The van der Waals surface area contributed by atoms with Gasteiger partial charge in [-0.3, -0.25) is 4.79 Å². The minimum absolute atomic E-state index is 0.0539. The molecular formula is C22H25NO3S. The summed E-state index contributed by atoms with van der Waals surface area (Å²) in [6, 6.07) is 16.2. The molecule has 1 saturated carbocycles. The van der Waals surface area contributed by atoms with Crippen molar-refractivity contribution in [1.82, 2.24) is 0 Å². The van der Waals surface area contributed by atoms with E-state index in [0.29, 0.717) is 16.2 Å². The number of nitrogens with one attached hydrogen (secondary N) is 1. The van der Waals surface area contributed by atoms with E-state index in [1.54, 1.807) is 12.1 Å². The van der Waals surface area contributed by atoms with Crippen LogP contribution in [-0.4, -0.2) is 20.1 Å². The summed E-state index contributed by atoms with van der Waals surface area (Å²) in [5, 5.41) is 2.85. The average molecular weight is 384 g/mol. The maximum Gasteiger partial charge on any atom is 0.251 e. The Labute approximate surface area is 161 Å². The molecule has 1 N–H and O–H groups in total. The number of hydrogen-bond acceptors (Lipinski definition) is 3. The lowest BCUT2D eigenvalue weighted by Gasteiger charge is -2.21. The molecule has 142 valence electrons. The topological polar surface area (TPSA) is 63.2 Å². The molecule has 1 fully saturated rings. The zero-order valence-corrected chi connectivity index (χ0v) is 16.3. The number of anilines is 1. The Balaban J connectivity index is 1.70. The number of amides is 1. The van der Waals surface area contributed by atoms with E-state index in [9.17, 15) is 13.2 Å². The van der Waals surface area contributed by atoms with Gasteiger partial charge >= 0.3 is 0 Å². The second kappa shape index (κ2) is 8.09. The van der Waals surface area contributed by atoms with Gasteiger partial charge in [0.15, 0.2) is 9.84 Å². The molecule has 27 heavy (non-hydrogen) atoms. The van der Waals surface area contributed by atoms with Crippen molar-refractivity contribution in [3.8, 4) is 0 Å². The molecule has 0 aliphatic heterocycles. The molecule has 0 saturated heterocycles. The van der Waals surface area contributed by atoms with Crippen LogP contribution in [0.25, 0.3) is 0 Å². The first-order valence-electron chi connectivity index (χ1n) is 9.21. The molecule has 2 atom stereocenters. The van der Waals surface area contributed by atoms with Crippen LogP contribution in [0.4, 0.5) is 5.69 Å². The Morgan fingerprint density at radius 1 is 1.07 bits per heavy atom. The van der Waals surface area contributed by atoms with Gasteiger partial charge in [0.25, 0.3) is 5.91 Å². The van der Waals surface area contributed by atoms with Crippen molar-refractivity contribution in [2.45, 2.75) is 31.1 Å². The van der Waals surface area contributed by atoms with Crippen molar-refractivity contribution in [3.05, 3.63) is 72.3 Å². The first kappa shape index (κ1) is 19.4. The zero-order chi connectivity index (χ0) is 19.4. The highest BCUT2D eigenvalue weighted by Crippen LogP contribution is 2.38. The van der Waals surface area contributed by atoms with Gasteiger partial charge in [0, 0.05) is 11.3 Å². The average Bonchev–Trinajstić information content (AvgIpc) is 3.09. The fourth-order valence-corrected chi connectivity index (χ4v) is 5.43. The Bertz CT molecular complexity index is 918. The van der Waals surface area contributed by atoms with E-state index in [-0.39, 0.29) is 23.5 Å². The number of hydrogen-bond donors (Lipinski definition) is 1. The Morgan fingerprint density at radius 2 is 1.74 bits per heavy atom. The van der Waals surface area contributed by atoms with Crippen LogP contribution in [0.15, 0.2) is 71.6 Å². The van der Waals surface area contributed by atoms with E-state index in [1.807, 2.05) is 49.4 Å². The van der Waals surface area contributed by atoms with Crippen molar-refractivity contribution in [2.24, 2.45) is 11.8 Å². The molecule has 2 aromatic rings. The Kier molecular flexibility index (Phi) is 5.80. The highest BCUT2D eigenvalue weighted by Gasteiger charge is 2.35. The molecule has 0 heterocycles. The predicted molar refractivity (Wildman–Crippen MR) is 108 cm³/mol. The molecule has 5 heteroatoms. The molecule has 2 aromatic carbocycles. The van der Waals surface area contributed by atoms with Gasteiger partial charge in [-0.1, -0.05) is 48.9 Å². The van der Waals surface area contributed by atoms with Crippen LogP contribution in [0.2, 0.25) is 0 Å². The summed E-state index contributed by atoms with van der Waals surface area (Å²) in [5.41, 5.74) is 2.21. The maximum absolute atomic E-state index is 12.8. The third-order valence-electron chi connectivity index (χ3n) is 5.24. The quantitative estimate of drug-likeness (QED) is 0.753. The van der Waals surface area contributed by atoms with E-state index in [1.165, 1.54) is 0 Å². The predicted octanol–water partition coefficient (Wildman–Crippen LogP) is 4.38. The summed E-state index contributed by atoms with van der Waals surface area (Å²) < 4.78 is 25.6. The van der Waals surface area contributed by atoms with Gasteiger partial charge in [-0.15, -0.1) is 0 Å². The fourth-order valence-electron chi connectivity index (χ4n) is 3.72. The van der Waals surface area contributed by atoms with Gasteiger partial charge in [0.2, 0.25) is 0 Å². The summed E-state index contributed by atoms with van der Waals surface area (Å²) in [6.45, 7) is 5.92. The van der Waals surface area contributed by atoms with Gasteiger partial charge in [0.05, 0.1) is 10.6 Å². The molecular weight excluding hydrogens is 358 g/mol. The number of sulfone groups is 1. The number of carbonyl (C=O) groups excluding carboxylic acids is 1. The molecule has 1 aliphatic carbocycles. The van der Waals surface area contributed by atoms with Crippen molar-refractivity contribution < 1.29 is 13.2 Å². The standard InChI is InChI=1S/C22H25NO3S/c1-16-11-13-20(14-12-16)27(25,26)15-18-7-6-10-21(18)17(2)22(24)23-19-8-4-3-5-9-19/h3-5,8-9,11-14,18,21H,2,6-7,10,15H2,1H3,(H,23,24)/t18-,21+/m0/s1. The molecule has 0 aromatic heterocycles. The van der Waals surface area contributed by atoms with Gasteiger partial charge in [-0.2, -0.15) is 0 Å². The van der Waals surface area contributed by atoms with E-state index >= 15 is 0 Å². The van der Waals surface area contributed by atoms with Crippen LogP contribution in [0.5, 0.6) is 0 Å². The van der Waals surface area contributed by atoms with Crippen LogP contribution < -0.4 is 5.32 Å². The molecule has 3 rings (SSSR count). The summed E-state index contributed by atoms with van der Waals surface area (Å²) in [4.78, 5) is 12.9. The van der Waals surface area contributed by atoms with E-state index in [0.717, 1.165) is 24.8 Å². The van der Waals surface area contributed by atoms with Gasteiger partial charge in [-0.25, -0.2) is 8.42 Å². The van der Waals surface area contributed by atoms with Crippen molar-refractivity contribution in [1.29, 1.82) is 0 Å². The molecule has 0 spiro atoms. The second-order valence-corrected chi connectivity index (χ2v) is 9.27. The number of benzene rings is 2. The number of carbonyl (C=O) groups is 1. The lowest BCUT2D eigenvalue weighted by atomic mass is 9.90. The highest BCUT2D eigenvalue weighted by atomic mass is 32.2. The van der Waals surface area contributed by atoms with Gasteiger partial charge in [0.1, 0.15) is 0 Å². The number of rotatable bonds is 6. The first-order chi connectivity index (χ1) is 12.9. The molecule has 4 nitrogen and oxygen atoms in total. The monoisotopic (exact) mass is 383 g/mol. The largest absolute Gasteiger partial charge is 0.322 e.